The van der Waals surface area contributed by atoms with Crippen LogP contribution in [0.25, 0.3) is 0 Å². The Kier molecular flexibility index (Phi) is 3.70. The average molecular weight is 201 g/mol. The highest BCUT2D eigenvalue weighted by molar-refractivity contribution is 6.62. The first kappa shape index (κ1) is 9.98. The molecule has 1 rings (SSSR count). The normalized spacial score (nSPS) is 9.69. The number of amides is 1. The van der Waals surface area contributed by atoms with Crippen molar-refractivity contribution in [3.63, 3.8) is 0 Å². The van der Waals surface area contributed by atoms with E-state index in [4.69, 9.17) is 16.8 Å². The van der Waals surface area contributed by atoms with Gasteiger partial charge in [-0.1, -0.05) is 30.3 Å². The summed E-state index contributed by atoms with van der Waals surface area (Å²) < 4.78 is 0. The maximum absolute atomic E-state index is 10.6. The summed E-state index contributed by atoms with van der Waals surface area (Å²) >= 11 is 5.16. The van der Waals surface area contributed by atoms with Gasteiger partial charge in [0.15, 0.2) is 0 Å². The van der Waals surface area contributed by atoms with E-state index in [9.17, 15) is 4.79 Å². The Morgan fingerprint density at radius 3 is 2.54 bits per heavy atom. The van der Waals surface area contributed by atoms with Crippen molar-refractivity contribution in [1.82, 2.24) is 10.6 Å². The molecule has 1 aromatic carbocycles. The highest BCUT2D eigenvalue weighted by atomic mass is 35.5. The number of benzene rings is 1. The molecule has 1 aromatic rings. The molecule has 0 aliphatic heterocycles. The van der Waals surface area contributed by atoms with Gasteiger partial charge >= 0.3 is 5.37 Å². The zero-order chi connectivity index (χ0) is 9.68. The maximum Gasteiger partial charge on any atom is 0.332 e. The zero-order valence-electron chi connectivity index (χ0n) is 6.77. The van der Waals surface area contributed by atoms with Crippen LogP contribution in [-0.4, -0.2) is 15.6 Å². The first-order valence-electron chi connectivity index (χ1n) is 3.64. The number of rotatable bonds is 3. The Morgan fingerprint density at radius 1 is 1.46 bits per heavy atom. The van der Waals surface area contributed by atoms with Gasteiger partial charge in [-0.3, -0.25) is 10.0 Å². The molecule has 0 fully saturated rings. The van der Waals surface area contributed by atoms with Crippen LogP contribution in [0.1, 0.15) is 5.56 Å². The molecular weight excluding hydrogens is 192 g/mol. The Bertz CT molecular complexity index is 279. The van der Waals surface area contributed by atoms with Crippen LogP contribution in [0, 0.1) is 0 Å². The van der Waals surface area contributed by atoms with Crippen LogP contribution in [-0.2, 0) is 6.54 Å². The molecule has 0 spiro atoms. The van der Waals surface area contributed by atoms with Gasteiger partial charge in [0.05, 0.1) is 6.54 Å². The number of nitrogens with zero attached hydrogens (tertiary/aromatic N) is 1. The van der Waals surface area contributed by atoms with E-state index in [0.717, 1.165) is 10.6 Å². The fourth-order valence-electron chi connectivity index (χ4n) is 0.903. The maximum atomic E-state index is 10.6. The van der Waals surface area contributed by atoms with Gasteiger partial charge in [-0.25, -0.2) is 5.01 Å². The van der Waals surface area contributed by atoms with E-state index < -0.39 is 5.37 Å². The molecule has 13 heavy (non-hydrogen) atoms. The van der Waals surface area contributed by atoms with E-state index in [1.807, 2.05) is 30.3 Å². The van der Waals surface area contributed by atoms with Crippen molar-refractivity contribution in [2.45, 2.75) is 6.54 Å². The number of carbonyl (C=O) groups excluding carboxylic acids is 1. The van der Waals surface area contributed by atoms with E-state index in [-0.39, 0.29) is 6.54 Å². The Morgan fingerprint density at radius 2 is 2.08 bits per heavy atom. The van der Waals surface area contributed by atoms with Gasteiger partial charge in [0, 0.05) is 0 Å². The van der Waals surface area contributed by atoms with Crippen molar-refractivity contribution in [2.24, 2.45) is 0 Å². The highest BCUT2D eigenvalue weighted by Gasteiger charge is 2.08. The van der Waals surface area contributed by atoms with Gasteiger partial charge in [-0.05, 0) is 17.2 Å². The quantitative estimate of drug-likeness (QED) is 0.444. The van der Waals surface area contributed by atoms with E-state index in [1.54, 1.807) is 5.59 Å². The second-order valence-electron chi connectivity index (χ2n) is 2.42. The third-order valence-corrected chi connectivity index (χ3v) is 1.72. The lowest BCUT2D eigenvalue weighted by Crippen LogP contribution is -2.36. The van der Waals surface area contributed by atoms with Gasteiger partial charge in [-0.2, -0.15) is 0 Å². The molecule has 0 aliphatic carbocycles. The van der Waals surface area contributed by atoms with E-state index in [0.29, 0.717) is 0 Å². The second kappa shape index (κ2) is 4.81. The molecule has 70 valence electrons. The van der Waals surface area contributed by atoms with E-state index in [2.05, 4.69) is 0 Å². The molecule has 1 amide bonds. The lowest BCUT2D eigenvalue weighted by molar-refractivity contribution is 0.0128. The molecule has 5 heteroatoms. The molecule has 0 bridgehead atoms. The van der Waals surface area contributed by atoms with E-state index >= 15 is 0 Å². The predicted molar refractivity (Wildman–Crippen MR) is 48.2 cm³/mol. The third kappa shape index (κ3) is 3.02. The van der Waals surface area contributed by atoms with Crippen molar-refractivity contribution in [3.8, 4) is 0 Å². The molecule has 0 heterocycles. The molecule has 2 N–H and O–H groups in total. The van der Waals surface area contributed by atoms with Crippen molar-refractivity contribution in [2.75, 3.05) is 0 Å². The summed E-state index contributed by atoms with van der Waals surface area (Å²) in [4.78, 5) is 10.6. The first-order chi connectivity index (χ1) is 6.24. The summed E-state index contributed by atoms with van der Waals surface area (Å²) in [6.45, 7) is 0.222. The first-order valence-corrected chi connectivity index (χ1v) is 4.02. The summed E-state index contributed by atoms with van der Waals surface area (Å²) in [5, 5.41) is 8.66. The standard InChI is InChI=1S/C8H9ClN2O2/c9-8(12)11(10-13)6-7-4-2-1-3-5-7/h1-5,10,13H,6H2. The minimum absolute atomic E-state index is 0.222. The van der Waals surface area contributed by atoms with Crippen LogP contribution in [0.3, 0.4) is 0 Å². The Labute approximate surface area is 80.7 Å². The van der Waals surface area contributed by atoms with Crippen LogP contribution in [0.2, 0.25) is 0 Å². The molecule has 0 saturated carbocycles. The van der Waals surface area contributed by atoms with Crippen LogP contribution in [0.5, 0.6) is 0 Å². The molecule has 0 aliphatic rings. The molecule has 0 atom stereocenters. The minimum Gasteiger partial charge on any atom is -0.297 e. The summed E-state index contributed by atoms with van der Waals surface area (Å²) in [7, 11) is 0. The molecule has 0 saturated heterocycles. The summed E-state index contributed by atoms with van der Waals surface area (Å²) in [5.74, 6) is 0. The molecule has 0 unspecified atom stereocenters. The highest BCUT2D eigenvalue weighted by Crippen LogP contribution is 2.03. The van der Waals surface area contributed by atoms with E-state index in [1.165, 1.54) is 0 Å². The largest absolute Gasteiger partial charge is 0.332 e. The Balaban J connectivity index is 2.62. The fourth-order valence-corrected chi connectivity index (χ4v) is 1.00. The van der Waals surface area contributed by atoms with Crippen molar-refractivity contribution >= 4 is 17.0 Å². The number of hydrogen-bond donors (Lipinski definition) is 2. The summed E-state index contributed by atoms with van der Waals surface area (Å²) in [6, 6.07) is 9.18. The molecular formula is C8H9ClN2O2. The van der Waals surface area contributed by atoms with Crippen molar-refractivity contribution in [3.05, 3.63) is 35.9 Å². The van der Waals surface area contributed by atoms with Gasteiger partial charge in [0.2, 0.25) is 0 Å². The summed E-state index contributed by atoms with van der Waals surface area (Å²) in [5.41, 5.74) is 2.58. The number of hydrazine groups is 1. The van der Waals surface area contributed by atoms with Gasteiger partial charge in [0.1, 0.15) is 0 Å². The van der Waals surface area contributed by atoms with Crippen molar-refractivity contribution in [1.29, 1.82) is 0 Å². The van der Waals surface area contributed by atoms with Crippen molar-refractivity contribution < 1.29 is 10.0 Å². The van der Waals surface area contributed by atoms with Crippen LogP contribution in [0.4, 0.5) is 4.79 Å². The number of hydrogen-bond acceptors (Lipinski definition) is 3. The smallest absolute Gasteiger partial charge is 0.297 e. The van der Waals surface area contributed by atoms with Crippen LogP contribution in [0.15, 0.2) is 30.3 Å². The van der Waals surface area contributed by atoms with Crippen LogP contribution < -0.4 is 5.59 Å². The zero-order valence-corrected chi connectivity index (χ0v) is 7.53. The fraction of sp³-hybridized carbons (Fsp3) is 0.125. The molecule has 0 radical (unpaired) electrons. The predicted octanol–water partition coefficient (Wildman–Crippen LogP) is 1.74. The topological polar surface area (TPSA) is 52.6 Å². The number of carbonyl (C=O) groups is 1. The lowest BCUT2D eigenvalue weighted by Gasteiger charge is -2.15. The minimum atomic E-state index is -0.758. The number of halogens is 1. The monoisotopic (exact) mass is 200 g/mol. The average Bonchev–Trinajstić information content (AvgIpc) is 2.15. The van der Waals surface area contributed by atoms with Gasteiger partial charge < -0.3 is 0 Å². The molecule has 0 aromatic heterocycles. The lowest BCUT2D eigenvalue weighted by atomic mass is 10.2. The van der Waals surface area contributed by atoms with Crippen LogP contribution >= 0.6 is 11.6 Å². The van der Waals surface area contributed by atoms with Gasteiger partial charge in [-0.15, -0.1) is 5.59 Å². The molecule has 4 nitrogen and oxygen atoms in total. The number of nitrogens with one attached hydrogen (secondary N) is 1. The van der Waals surface area contributed by atoms with Gasteiger partial charge in [0.25, 0.3) is 0 Å². The third-order valence-electron chi connectivity index (χ3n) is 1.52. The second-order valence-corrected chi connectivity index (χ2v) is 2.75. The SMILES string of the molecule is O=C(Cl)N(Cc1ccccc1)NO. The Hall–Kier alpha value is -1.10. The summed E-state index contributed by atoms with van der Waals surface area (Å²) in [6.07, 6.45) is 0.